The SMILES string of the molecule is CCOCCN(CC)CC(N)c1ccc2c(c1)OCCO2. The van der Waals surface area contributed by atoms with Crippen LogP contribution in [0.5, 0.6) is 11.5 Å². The first-order valence-electron chi connectivity index (χ1n) is 7.69. The van der Waals surface area contributed by atoms with Gasteiger partial charge in [-0.25, -0.2) is 0 Å². The molecule has 1 aliphatic heterocycles. The molecular weight excluding hydrogens is 268 g/mol. The molecular formula is C16H26N2O3. The van der Waals surface area contributed by atoms with Crippen molar-refractivity contribution in [1.29, 1.82) is 0 Å². The van der Waals surface area contributed by atoms with E-state index in [2.05, 4.69) is 11.8 Å². The third-order valence-electron chi connectivity index (χ3n) is 3.65. The first kappa shape index (κ1) is 16.1. The van der Waals surface area contributed by atoms with Gasteiger partial charge in [-0.1, -0.05) is 13.0 Å². The quantitative estimate of drug-likeness (QED) is 0.741. The van der Waals surface area contributed by atoms with Crippen LogP contribution < -0.4 is 15.2 Å². The maximum absolute atomic E-state index is 6.33. The van der Waals surface area contributed by atoms with Gasteiger partial charge in [0, 0.05) is 25.7 Å². The zero-order valence-corrected chi connectivity index (χ0v) is 13.0. The number of benzene rings is 1. The predicted molar refractivity (Wildman–Crippen MR) is 83.0 cm³/mol. The van der Waals surface area contributed by atoms with Gasteiger partial charge in [0.2, 0.25) is 0 Å². The van der Waals surface area contributed by atoms with Crippen molar-refractivity contribution in [2.75, 3.05) is 46.1 Å². The molecule has 1 aromatic rings. The zero-order valence-electron chi connectivity index (χ0n) is 13.0. The molecule has 0 amide bonds. The van der Waals surface area contributed by atoms with Gasteiger partial charge in [-0.2, -0.15) is 0 Å². The Bertz CT molecular complexity index is 440. The Morgan fingerprint density at radius 3 is 2.71 bits per heavy atom. The lowest BCUT2D eigenvalue weighted by atomic mass is 10.1. The molecule has 118 valence electrons. The number of hydrogen-bond donors (Lipinski definition) is 1. The van der Waals surface area contributed by atoms with Gasteiger partial charge in [0.15, 0.2) is 11.5 Å². The molecule has 21 heavy (non-hydrogen) atoms. The summed E-state index contributed by atoms with van der Waals surface area (Å²) in [6.45, 7) is 9.54. The van der Waals surface area contributed by atoms with Crippen molar-refractivity contribution in [2.45, 2.75) is 19.9 Å². The lowest BCUT2D eigenvalue weighted by Gasteiger charge is -2.25. The van der Waals surface area contributed by atoms with E-state index in [0.29, 0.717) is 13.2 Å². The fourth-order valence-corrected chi connectivity index (χ4v) is 2.39. The van der Waals surface area contributed by atoms with Crippen molar-refractivity contribution in [1.82, 2.24) is 4.90 Å². The van der Waals surface area contributed by atoms with Gasteiger partial charge in [-0.15, -0.1) is 0 Å². The van der Waals surface area contributed by atoms with E-state index in [4.69, 9.17) is 19.9 Å². The Hall–Kier alpha value is -1.30. The van der Waals surface area contributed by atoms with Gasteiger partial charge < -0.3 is 19.9 Å². The average Bonchev–Trinajstić information content (AvgIpc) is 2.53. The van der Waals surface area contributed by atoms with Crippen molar-refractivity contribution in [3.63, 3.8) is 0 Å². The summed E-state index contributed by atoms with van der Waals surface area (Å²) in [6.07, 6.45) is 0. The smallest absolute Gasteiger partial charge is 0.161 e. The number of nitrogens with two attached hydrogens (primary N) is 1. The fraction of sp³-hybridized carbons (Fsp3) is 0.625. The molecule has 0 spiro atoms. The number of fused-ring (bicyclic) bond motifs is 1. The van der Waals surface area contributed by atoms with E-state index in [1.807, 2.05) is 25.1 Å². The van der Waals surface area contributed by atoms with Crippen LogP contribution >= 0.6 is 0 Å². The number of hydrogen-bond acceptors (Lipinski definition) is 5. The fourth-order valence-electron chi connectivity index (χ4n) is 2.39. The molecule has 2 rings (SSSR count). The molecule has 0 saturated carbocycles. The van der Waals surface area contributed by atoms with E-state index < -0.39 is 0 Å². The van der Waals surface area contributed by atoms with Gasteiger partial charge >= 0.3 is 0 Å². The van der Waals surface area contributed by atoms with E-state index in [1.54, 1.807) is 0 Å². The summed E-state index contributed by atoms with van der Waals surface area (Å²) in [5.41, 5.74) is 7.41. The molecule has 0 aromatic heterocycles. The summed E-state index contributed by atoms with van der Waals surface area (Å²) in [7, 11) is 0. The minimum absolute atomic E-state index is 0.0394. The largest absolute Gasteiger partial charge is 0.486 e. The summed E-state index contributed by atoms with van der Waals surface area (Å²) in [4.78, 5) is 2.30. The van der Waals surface area contributed by atoms with Crippen molar-refractivity contribution < 1.29 is 14.2 Å². The molecule has 0 aliphatic carbocycles. The van der Waals surface area contributed by atoms with E-state index in [1.165, 1.54) is 0 Å². The Labute approximate surface area is 127 Å². The lowest BCUT2D eigenvalue weighted by molar-refractivity contribution is 0.113. The highest BCUT2D eigenvalue weighted by Gasteiger charge is 2.16. The maximum atomic E-state index is 6.33. The first-order chi connectivity index (χ1) is 10.2. The number of nitrogens with zero attached hydrogens (tertiary/aromatic N) is 1. The standard InChI is InChI=1S/C16H26N2O3/c1-3-18(7-8-19-4-2)12-14(17)13-5-6-15-16(11-13)21-10-9-20-15/h5-6,11,14H,3-4,7-10,12,17H2,1-2H3. The minimum atomic E-state index is -0.0394. The van der Waals surface area contributed by atoms with Gasteiger partial charge in [-0.3, -0.25) is 4.90 Å². The van der Waals surface area contributed by atoms with Gasteiger partial charge in [-0.05, 0) is 31.2 Å². The Morgan fingerprint density at radius 1 is 1.24 bits per heavy atom. The molecule has 2 N–H and O–H groups in total. The third kappa shape index (κ3) is 4.59. The molecule has 1 heterocycles. The number of ether oxygens (including phenoxy) is 3. The lowest BCUT2D eigenvalue weighted by Crippen LogP contribution is -2.34. The molecule has 1 atom stereocenters. The minimum Gasteiger partial charge on any atom is -0.486 e. The van der Waals surface area contributed by atoms with Crippen LogP contribution in [0.1, 0.15) is 25.5 Å². The van der Waals surface area contributed by atoms with E-state index in [0.717, 1.165) is 49.9 Å². The molecule has 0 saturated heterocycles. The number of rotatable bonds is 8. The monoisotopic (exact) mass is 294 g/mol. The number of likely N-dealkylation sites (N-methyl/N-ethyl adjacent to an activating group) is 1. The van der Waals surface area contributed by atoms with Crippen molar-refractivity contribution in [2.24, 2.45) is 5.73 Å². The second kappa shape index (κ2) is 8.22. The van der Waals surface area contributed by atoms with E-state index >= 15 is 0 Å². The molecule has 0 fully saturated rings. The van der Waals surface area contributed by atoms with E-state index in [-0.39, 0.29) is 6.04 Å². The summed E-state index contributed by atoms with van der Waals surface area (Å²) in [5, 5.41) is 0. The summed E-state index contributed by atoms with van der Waals surface area (Å²) < 4.78 is 16.6. The van der Waals surface area contributed by atoms with Crippen LogP contribution in [-0.2, 0) is 4.74 Å². The molecule has 5 nitrogen and oxygen atoms in total. The molecule has 5 heteroatoms. The van der Waals surface area contributed by atoms with Crippen LogP contribution in [0, 0.1) is 0 Å². The maximum Gasteiger partial charge on any atom is 0.161 e. The highest BCUT2D eigenvalue weighted by atomic mass is 16.6. The topological polar surface area (TPSA) is 57.0 Å². The van der Waals surface area contributed by atoms with Crippen LogP contribution in [0.15, 0.2) is 18.2 Å². The summed E-state index contributed by atoms with van der Waals surface area (Å²) in [5.74, 6) is 1.60. The normalized spacial score (nSPS) is 15.2. The summed E-state index contributed by atoms with van der Waals surface area (Å²) >= 11 is 0. The second-order valence-corrected chi connectivity index (χ2v) is 5.10. The predicted octanol–water partition coefficient (Wildman–Crippen LogP) is 1.82. The van der Waals surface area contributed by atoms with Crippen LogP contribution in [0.3, 0.4) is 0 Å². The highest BCUT2D eigenvalue weighted by Crippen LogP contribution is 2.32. The Morgan fingerprint density at radius 2 is 2.00 bits per heavy atom. The van der Waals surface area contributed by atoms with Crippen molar-refractivity contribution in [3.05, 3.63) is 23.8 Å². The van der Waals surface area contributed by atoms with Crippen molar-refractivity contribution in [3.8, 4) is 11.5 Å². The summed E-state index contributed by atoms with van der Waals surface area (Å²) in [6, 6.07) is 5.92. The molecule has 1 unspecified atom stereocenters. The van der Waals surface area contributed by atoms with Crippen LogP contribution in [0.2, 0.25) is 0 Å². The van der Waals surface area contributed by atoms with Gasteiger partial charge in [0.1, 0.15) is 13.2 Å². The van der Waals surface area contributed by atoms with Crippen molar-refractivity contribution >= 4 is 0 Å². The molecule has 0 radical (unpaired) electrons. The first-order valence-corrected chi connectivity index (χ1v) is 7.69. The average molecular weight is 294 g/mol. The van der Waals surface area contributed by atoms with Crippen LogP contribution in [-0.4, -0.2) is 51.0 Å². The zero-order chi connectivity index (χ0) is 15.1. The molecule has 0 bridgehead atoms. The van der Waals surface area contributed by atoms with Gasteiger partial charge in [0.25, 0.3) is 0 Å². The molecule has 1 aromatic carbocycles. The van der Waals surface area contributed by atoms with E-state index in [9.17, 15) is 0 Å². The second-order valence-electron chi connectivity index (χ2n) is 5.10. The molecule has 1 aliphatic rings. The highest BCUT2D eigenvalue weighted by molar-refractivity contribution is 5.44. The Kier molecular flexibility index (Phi) is 6.29. The third-order valence-corrected chi connectivity index (χ3v) is 3.65. The Balaban J connectivity index is 1.93. The van der Waals surface area contributed by atoms with Crippen LogP contribution in [0.25, 0.3) is 0 Å². The van der Waals surface area contributed by atoms with Gasteiger partial charge in [0.05, 0.1) is 6.61 Å². The van der Waals surface area contributed by atoms with Crippen LogP contribution in [0.4, 0.5) is 0 Å².